The van der Waals surface area contributed by atoms with Gasteiger partial charge in [0.15, 0.2) is 15.2 Å². The number of aromatic nitrogens is 3. The molecule has 0 saturated heterocycles. The molecule has 1 aromatic carbocycles. The second-order valence-electron chi connectivity index (χ2n) is 5.16. The van der Waals surface area contributed by atoms with Gasteiger partial charge in [0, 0.05) is 17.7 Å². The molecule has 4 aromatic rings. The topological polar surface area (TPSA) is 59.3 Å². The predicted octanol–water partition coefficient (Wildman–Crippen LogP) is 4.62. The standard InChI is InChI=1S/C16H11ClN4OS2/c1-9-2-3-10-12(8-9)24-15(18-10)19-13(22)5-4-11-14(17)20-16-21(11)6-7-23-16/h2-8H,1H3,(H,18,19,22)/b5-4+. The monoisotopic (exact) mass is 374 g/mol. The third-order valence-corrected chi connectivity index (χ3v) is 5.39. The third-order valence-electron chi connectivity index (χ3n) is 3.42. The van der Waals surface area contributed by atoms with Gasteiger partial charge in [0.25, 0.3) is 0 Å². The van der Waals surface area contributed by atoms with E-state index in [-0.39, 0.29) is 5.91 Å². The van der Waals surface area contributed by atoms with Crippen LogP contribution in [0, 0.1) is 6.92 Å². The number of nitrogens with one attached hydrogen (secondary N) is 1. The Balaban J connectivity index is 1.55. The van der Waals surface area contributed by atoms with Crippen molar-refractivity contribution >= 4 is 66.6 Å². The Hall–Kier alpha value is -2.22. The van der Waals surface area contributed by atoms with Gasteiger partial charge in [0.1, 0.15) is 0 Å². The first-order valence-electron chi connectivity index (χ1n) is 7.07. The lowest BCUT2D eigenvalue weighted by atomic mass is 10.2. The van der Waals surface area contributed by atoms with Crippen LogP contribution in [0.5, 0.6) is 0 Å². The summed E-state index contributed by atoms with van der Waals surface area (Å²) in [5.74, 6) is -0.257. The van der Waals surface area contributed by atoms with Crippen LogP contribution in [0.4, 0.5) is 5.13 Å². The highest BCUT2D eigenvalue weighted by Gasteiger charge is 2.10. The van der Waals surface area contributed by atoms with Crippen molar-refractivity contribution < 1.29 is 4.79 Å². The van der Waals surface area contributed by atoms with E-state index in [1.165, 1.54) is 34.3 Å². The van der Waals surface area contributed by atoms with E-state index in [0.717, 1.165) is 15.2 Å². The zero-order valence-corrected chi connectivity index (χ0v) is 14.9. The van der Waals surface area contributed by atoms with E-state index in [1.807, 2.05) is 35.0 Å². The first-order chi connectivity index (χ1) is 11.6. The minimum Gasteiger partial charge on any atom is -0.298 e. The Kier molecular flexibility index (Phi) is 3.84. The molecule has 3 aromatic heterocycles. The molecule has 0 bridgehead atoms. The molecule has 0 atom stereocenters. The first kappa shape index (κ1) is 15.3. The summed E-state index contributed by atoms with van der Waals surface area (Å²) in [5.41, 5.74) is 2.73. The molecule has 0 saturated carbocycles. The number of halogens is 1. The molecule has 24 heavy (non-hydrogen) atoms. The number of anilines is 1. The van der Waals surface area contributed by atoms with Crippen LogP contribution in [0.3, 0.4) is 0 Å². The summed E-state index contributed by atoms with van der Waals surface area (Å²) in [6, 6.07) is 6.01. The fraction of sp³-hybridized carbons (Fsp3) is 0.0625. The van der Waals surface area contributed by atoms with Crippen molar-refractivity contribution in [1.82, 2.24) is 14.4 Å². The lowest BCUT2D eigenvalue weighted by Gasteiger charge is -1.95. The van der Waals surface area contributed by atoms with Gasteiger partial charge in [-0.15, -0.1) is 11.3 Å². The Bertz CT molecular complexity index is 1090. The van der Waals surface area contributed by atoms with Crippen LogP contribution >= 0.6 is 34.3 Å². The zero-order chi connectivity index (χ0) is 16.7. The number of aryl methyl sites for hydroxylation is 1. The number of thiazole rings is 2. The smallest absolute Gasteiger partial charge is 0.250 e. The van der Waals surface area contributed by atoms with Crippen LogP contribution in [0.15, 0.2) is 35.9 Å². The average molecular weight is 375 g/mol. The predicted molar refractivity (Wildman–Crippen MR) is 100 cm³/mol. The van der Waals surface area contributed by atoms with Crippen molar-refractivity contribution in [3.05, 3.63) is 52.3 Å². The zero-order valence-electron chi connectivity index (χ0n) is 12.5. The lowest BCUT2D eigenvalue weighted by Crippen LogP contribution is -2.07. The average Bonchev–Trinajstić information content (AvgIpc) is 3.19. The molecule has 0 fully saturated rings. The quantitative estimate of drug-likeness (QED) is 0.532. The van der Waals surface area contributed by atoms with E-state index >= 15 is 0 Å². The summed E-state index contributed by atoms with van der Waals surface area (Å²) >= 11 is 9.04. The molecule has 4 rings (SSSR count). The van der Waals surface area contributed by atoms with Gasteiger partial charge in [-0.3, -0.25) is 14.5 Å². The Labute approximate surface area is 150 Å². The molecule has 0 radical (unpaired) electrons. The highest BCUT2D eigenvalue weighted by atomic mass is 35.5. The van der Waals surface area contributed by atoms with Crippen molar-refractivity contribution in [3.8, 4) is 0 Å². The molecule has 0 aliphatic heterocycles. The van der Waals surface area contributed by atoms with Crippen molar-refractivity contribution in [3.63, 3.8) is 0 Å². The second-order valence-corrected chi connectivity index (χ2v) is 7.42. The van der Waals surface area contributed by atoms with Gasteiger partial charge < -0.3 is 0 Å². The van der Waals surface area contributed by atoms with E-state index < -0.39 is 0 Å². The molecular weight excluding hydrogens is 364 g/mol. The number of carbonyl (C=O) groups is 1. The van der Waals surface area contributed by atoms with Gasteiger partial charge in [-0.2, -0.15) is 0 Å². The molecule has 3 heterocycles. The number of nitrogens with zero attached hydrogens (tertiary/aromatic N) is 3. The van der Waals surface area contributed by atoms with Crippen molar-refractivity contribution in [1.29, 1.82) is 0 Å². The van der Waals surface area contributed by atoms with Crippen LogP contribution in [-0.2, 0) is 4.79 Å². The van der Waals surface area contributed by atoms with E-state index in [2.05, 4.69) is 21.4 Å². The minimum atomic E-state index is -0.257. The Morgan fingerprint density at radius 1 is 1.38 bits per heavy atom. The van der Waals surface area contributed by atoms with Crippen LogP contribution in [0.2, 0.25) is 5.15 Å². The van der Waals surface area contributed by atoms with Crippen molar-refractivity contribution in [2.24, 2.45) is 0 Å². The minimum absolute atomic E-state index is 0.257. The summed E-state index contributed by atoms with van der Waals surface area (Å²) in [6.07, 6.45) is 4.96. The van der Waals surface area contributed by atoms with Crippen LogP contribution in [0.1, 0.15) is 11.3 Å². The SMILES string of the molecule is Cc1ccc2nc(NC(=O)/C=C/c3c(Cl)nc4sccn34)sc2c1. The fourth-order valence-corrected chi connectivity index (χ4v) is 4.29. The number of amides is 1. The maximum atomic E-state index is 12.1. The summed E-state index contributed by atoms with van der Waals surface area (Å²) in [5, 5.41) is 5.65. The number of fused-ring (bicyclic) bond motifs is 2. The normalized spacial score (nSPS) is 11.8. The molecule has 0 aliphatic carbocycles. The summed E-state index contributed by atoms with van der Waals surface area (Å²) in [4.78, 5) is 21.6. The number of hydrogen-bond acceptors (Lipinski definition) is 5. The molecule has 120 valence electrons. The molecule has 1 N–H and O–H groups in total. The molecule has 1 amide bonds. The van der Waals surface area contributed by atoms with E-state index in [1.54, 1.807) is 6.08 Å². The van der Waals surface area contributed by atoms with E-state index in [0.29, 0.717) is 16.0 Å². The molecule has 0 aliphatic rings. The van der Waals surface area contributed by atoms with E-state index in [9.17, 15) is 4.79 Å². The maximum absolute atomic E-state index is 12.1. The van der Waals surface area contributed by atoms with Crippen molar-refractivity contribution in [2.75, 3.05) is 5.32 Å². The van der Waals surface area contributed by atoms with Gasteiger partial charge in [0.2, 0.25) is 5.91 Å². The second kappa shape index (κ2) is 6.01. The van der Waals surface area contributed by atoms with E-state index in [4.69, 9.17) is 11.6 Å². The lowest BCUT2D eigenvalue weighted by molar-refractivity contribution is -0.111. The number of hydrogen-bond donors (Lipinski definition) is 1. The molecule has 8 heteroatoms. The molecule has 0 unspecified atom stereocenters. The Morgan fingerprint density at radius 3 is 3.12 bits per heavy atom. The van der Waals surface area contributed by atoms with Crippen LogP contribution < -0.4 is 5.32 Å². The van der Waals surface area contributed by atoms with Crippen molar-refractivity contribution in [2.45, 2.75) is 6.92 Å². The summed E-state index contributed by atoms with van der Waals surface area (Å²) < 4.78 is 2.89. The van der Waals surface area contributed by atoms with Crippen LogP contribution in [-0.4, -0.2) is 20.3 Å². The fourth-order valence-electron chi connectivity index (χ4n) is 2.31. The molecule has 0 spiro atoms. The number of carbonyl (C=O) groups excluding carboxylic acids is 1. The maximum Gasteiger partial charge on any atom is 0.250 e. The largest absolute Gasteiger partial charge is 0.298 e. The molecule has 5 nitrogen and oxygen atoms in total. The number of rotatable bonds is 3. The summed E-state index contributed by atoms with van der Waals surface area (Å²) in [7, 11) is 0. The summed E-state index contributed by atoms with van der Waals surface area (Å²) in [6.45, 7) is 2.03. The number of benzene rings is 1. The first-order valence-corrected chi connectivity index (χ1v) is 9.15. The Morgan fingerprint density at radius 2 is 2.25 bits per heavy atom. The third kappa shape index (κ3) is 2.82. The highest BCUT2D eigenvalue weighted by molar-refractivity contribution is 7.22. The van der Waals surface area contributed by atoms with Gasteiger partial charge in [-0.1, -0.05) is 29.0 Å². The van der Waals surface area contributed by atoms with Gasteiger partial charge in [-0.05, 0) is 30.7 Å². The van der Waals surface area contributed by atoms with Crippen LogP contribution in [0.25, 0.3) is 21.3 Å². The molecular formula is C16H11ClN4OS2. The number of imidazole rings is 1. The van der Waals surface area contributed by atoms with Gasteiger partial charge in [-0.25, -0.2) is 9.97 Å². The highest BCUT2D eigenvalue weighted by Crippen LogP contribution is 2.27. The van der Waals surface area contributed by atoms with Gasteiger partial charge in [0.05, 0.1) is 15.9 Å². The van der Waals surface area contributed by atoms with Gasteiger partial charge >= 0.3 is 0 Å².